The predicted molar refractivity (Wildman–Crippen MR) is 185 cm³/mol. The first kappa shape index (κ1) is 36.8. The Morgan fingerprint density at radius 1 is 1.00 bits per heavy atom. The minimum Gasteiger partial charge on any atom is -0.444 e. The van der Waals surface area contributed by atoms with Gasteiger partial charge in [-0.1, -0.05) is 98.3 Å². The highest BCUT2D eigenvalue weighted by molar-refractivity contribution is 6.03. The van der Waals surface area contributed by atoms with E-state index in [2.05, 4.69) is 47.9 Å². The first-order valence-electron chi connectivity index (χ1n) is 15.9. The number of rotatable bonds is 8. The van der Waals surface area contributed by atoms with Gasteiger partial charge in [0.1, 0.15) is 12.1 Å². The molecule has 1 aliphatic carbocycles. The Hall–Kier alpha value is -4.39. The largest absolute Gasteiger partial charge is 0.444 e. The quantitative estimate of drug-likeness (QED) is 0.300. The molecule has 7 nitrogen and oxygen atoms in total. The Balaban J connectivity index is 0.000000604. The van der Waals surface area contributed by atoms with Crippen molar-refractivity contribution in [2.24, 2.45) is 0 Å². The Bertz CT molecular complexity index is 1360. The summed E-state index contributed by atoms with van der Waals surface area (Å²) >= 11 is 0. The minimum absolute atomic E-state index is 0.0988. The van der Waals surface area contributed by atoms with E-state index in [-0.39, 0.29) is 24.4 Å². The third-order valence-electron chi connectivity index (χ3n) is 6.93. The highest BCUT2D eigenvalue weighted by Gasteiger charge is 2.24. The molecular formula is C38H51N3O4. The number of amides is 3. The highest BCUT2D eigenvalue weighted by Crippen LogP contribution is 2.28. The average molecular weight is 614 g/mol. The number of carbonyl (C=O) groups excluding carboxylic acids is 3. The molecule has 1 heterocycles. The van der Waals surface area contributed by atoms with Gasteiger partial charge in [0.15, 0.2) is 0 Å². The standard InChI is InChI=1S/C28H35N3O4.C8H10.C2H6/c1-20(18-26(33)31-17-16-22-12-8-9-13-24(22)31)23(15-14-21-10-6-5-7-11-21)30-25(32)19-29-27(34)35-28(2,3)4;1-8-6-4-2-3-5-7-8;1-2/h5-13,18,23H,14-17,19H2,1-4H3,(H,29,34)(H,30,32);2-4,6-7H,5H2,1H3;1-2H3/b20-18+;;/t23-;;/m0../s1. The van der Waals surface area contributed by atoms with Crippen LogP contribution in [0.5, 0.6) is 0 Å². The Morgan fingerprint density at radius 2 is 1.69 bits per heavy atom. The molecule has 1 aliphatic heterocycles. The fourth-order valence-electron chi connectivity index (χ4n) is 4.71. The van der Waals surface area contributed by atoms with Crippen molar-refractivity contribution < 1.29 is 19.1 Å². The number of nitrogens with zero attached hydrogens (tertiary/aromatic N) is 1. The lowest BCUT2D eigenvalue weighted by Crippen LogP contribution is -2.44. The van der Waals surface area contributed by atoms with Crippen LogP contribution in [0.15, 0.2) is 102 Å². The molecule has 242 valence electrons. The first-order chi connectivity index (χ1) is 21.5. The van der Waals surface area contributed by atoms with Crippen molar-refractivity contribution in [2.45, 2.75) is 85.8 Å². The van der Waals surface area contributed by atoms with E-state index in [4.69, 9.17) is 4.74 Å². The van der Waals surface area contributed by atoms with E-state index in [9.17, 15) is 14.4 Å². The van der Waals surface area contributed by atoms with E-state index in [1.54, 1.807) is 31.7 Å². The van der Waals surface area contributed by atoms with Gasteiger partial charge in [0.2, 0.25) is 5.91 Å². The summed E-state index contributed by atoms with van der Waals surface area (Å²) in [4.78, 5) is 39.4. The van der Waals surface area contributed by atoms with Gasteiger partial charge < -0.3 is 20.3 Å². The molecule has 2 N–H and O–H groups in total. The van der Waals surface area contributed by atoms with Crippen LogP contribution in [-0.4, -0.2) is 42.6 Å². The van der Waals surface area contributed by atoms with E-state index in [1.165, 1.54) is 5.57 Å². The molecule has 3 amide bonds. The Morgan fingerprint density at radius 3 is 2.40 bits per heavy atom. The summed E-state index contributed by atoms with van der Waals surface area (Å²) in [6.07, 6.45) is 14.8. The summed E-state index contributed by atoms with van der Waals surface area (Å²) in [7, 11) is 0. The van der Waals surface area contributed by atoms with Gasteiger partial charge in [-0.25, -0.2) is 4.79 Å². The van der Waals surface area contributed by atoms with Crippen molar-refractivity contribution in [3.8, 4) is 0 Å². The topological polar surface area (TPSA) is 87.7 Å². The number of alkyl carbamates (subject to hydrolysis) is 1. The van der Waals surface area contributed by atoms with Crippen molar-refractivity contribution in [1.29, 1.82) is 0 Å². The molecule has 0 unspecified atom stereocenters. The third kappa shape index (κ3) is 13.8. The molecule has 0 aromatic heterocycles. The molecule has 2 aliphatic rings. The Kier molecular flexibility index (Phi) is 15.6. The van der Waals surface area contributed by atoms with Crippen molar-refractivity contribution in [3.63, 3.8) is 0 Å². The summed E-state index contributed by atoms with van der Waals surface area (Å²) in [5.41, 5.74) is 4.72. The lowest BCUT2D eigenvalue weighted by atomic mass is 9.99. The van der Waals surface area contributed by atoms with E-state index in [0.717, 1.165) is 41.6 Å². The fourth-order valence-corrected chi connectivity index (χ4v) is 4.71. The molecule has 2 aromatic rings. The summed E-state index contributed by atoms with van der Waals surface area (Å²) in [5, 5.41) is 5.46. The van der Waals surface area contributed by atoms with Crippen LogP contribution in [0.1, 0.15) is 72.4 Å². The number of nitrogens with one attached hydrogen (secondary N) is 2. The van der Waals surface area contributed by atoms with E-state index >= 15 is 0 Å². The van der Waals surface area contributed by atoms with E-state index in [0.29, 0.717) is 13.0 Å². The van der Waals surface area contributed by atoms with Gasteiger partial charge >= 0.3 is 6.09 Å². The van der Waals surface area contributed by atoms with Crippen LogP contribution in [0.3, 0.4) is 0 Å². The number of benzene rings is 2. The van der Waals surface area contributed by atoms with Gasteiger partial charge in [0, 0.05) is 18.3 Å². The van der Waals surface area contributed by atoms with Gasteiger partial charge in [0.25, 0.3) is 5.91 Å². The summed E-state index contributed by atoms with van der Waals surface area (Å²) in [5.74, 6) is -0.445. The van der Waals surface area contributed by atoms with Gasteiger partial charge in [-0.15, -0.1) is 0 Å². The lowest BCUT2D eigenvalue weighted by molar-refractivity contribution is -0.121. The second kappa shape index (κ2) is 19.1. The molecule has 0 fully saturated rings. The SMILES string of the molecule is C/C(=C\C(=O)N1CCc2ccccc21)[C@H](CCc1ccccc1)NC(=O)CNC(=O)OC(C)(C)C.CC.CC1=CCC=CC=C1. The molecule has 0 spiro atoms. The molecule has 0 bridgehead atoms. The highest BCUT2D eigenvalue weighted by atomic mass is 16.6. The molecule has 7 heteroatoms. The number of aryl methyl sites for hydroxylation is 1. The zero-order valence-electron chi connectivity index (χ0n) is 28.1. The molecule has 4 rings (SSSR count). The number of hydrogen-bond acceptors (Lipinski definition) is 4. The molecule has 1 atom stereocenters. The predicted octanol–water partition coefficient (Wildman–Crippen LogP) is 7.64. The van der Waals surface area contributed by atoms with Crippen molar-refractivity contribution in [3.05, 3.63) is 113 Å². The van der Waals surface area contributed by atoms with E-state index in [1.807, 2.05) is 75.4 Å². The van der Waals surface area contributed by atoms with Crippen LogP contribution < -0.4 is 15.5 Å². The molecule has 2 aromatic carbocycles. The fraction of sp³-hybridized carbons (Fsp3) is 0.395. The van der Waals surface area contributed by atoms with Crippen molar-refractivity contribution >= 4 is 23.6 Å². The normalized spacial score (nSPS) is 14.3. The minimum atomic E-state index is -0.649. The smallest absolute Gasteiger partial charge is 0.408 e. The van der Waals surface area contributed by atoms with Gasteiger partial charge in [-0.2, -0.15) is 0 Å². The van der Waals surface area contributed by atoms with Crippen LogP contribution in [0.25, 0.3) is 0 Å². The van der Waals surface area contributed by atoms with Crippen LogP contribution >= 0.6 is 0 Å². The number of fused-ring (bicyclic) bond motifs is 1. The van der Waals surface area contributed by atoms with Crippen LogP contribution in [-0.2, 0) is 27.2 Å². The maximum atomic E-state index is 13.1. The van der Waals surface area contributed by atoms with Gasteiger partial charge in [-0.05, 0) is 83.1 Å². The number of para-hydroxylation sites is 1. The Labute approximate surface area is 270 Å². The van der Waals surface area contributed by atoms with Crippen molar-refractivity contribution in [2.75, 3.05) is 18.0 Å². The zero-order valence-corrected chi connectivity index (χ0v) is 28.1. The number of allylic oxidation sites excluding steroid dienone is 6. The number of ether oxygens (including phenoxy) is 1. The summed E-state index contributed by atoms with van der Waals surface area (Å²) < 4.78 is 5.19. The number of anilines is 1. The summed E-state index contributed by atoms with van der Waals surface area (Å²) in [6.45, 7) is 13.7. The molecule has 0 saturated heterocycles. The van der Waals surface area contributed by atoms with Crippen molar-refractivity contribution in [1.82, 2.24) is 10.6 Å². The molecular weight excluding hydrogens is 562 g/mol. The molecule has 0 saturated carbocycles. The van der Waals surface area contributed by atoms with Crippen LogP contribution in [0, 0.1) is 0 Å². The summed E-state index contributed by atoms with van der Waals surface area (Å²) in [6, 6.07) is 17.5. The molecule has 45 heavy (non-hydrogen) atoms. The first-order valence-corrected chi connectivity index (χ1v) is 15.9. The molecule has 0 radical (unpaired) electrons. The average Bonchev–Trinajstić information content (AvgIpc) is 3.31. The van der Waals surface area contributed by atoms with Gasteiger partial charge in [-0.3, -0.25) is 9.59 Å². The number of carbonyl (C=O) groups is 3. The van der Waals surface area contributed by atoms with Crippen LogP contribution in [0.2, 0.25) is 0 Å². The number of hydrogen-bond donors (Lipinski definition) is 2. The zero-order chi connectivity index (χ0) is 33.2. The second-order valence-corrected chi connectivity index (χ2v) is 11.7. The lowest BCUT2D eigenvalue weighted by Gasteiger charge is -2.22. The monoisotopic (exact) mass is 613 g/mol. The van der Waals surface area contributed by atoms with Crippen LogP contribution in [0.4, 0.5) is 10.5 Å². The third-order valence-corrected chi connectivity index (χ3v) is 6.93. The van der Waals surface area contributed by atoms with E-state index < -0.39 is 11.7 Å². The maximum Gasteiger partial charge on any atom is 0.408 e. The van der Waals surface area contributed by atoms with Gasteiger partial charge in [0.05, 0.1) is 6.04 Å². The second-order valence-electron chi connectivity index (χ2n) is 11.7. The maximum absolute atomic E-state index is 13.1.